The Balaban J connectivity index is -0.0000000625. The first-order chi connectivity index (χ1) is 5.29. The molecule has 0 radical (unpaired) electrons. The van der Waals surface area contributed by atoms with Crippen LogP contribution in [0.4, 0.5) is 8.78 Å². The molecule has 0 spiro atoms. The summed E-state index contributed by atoms with van der Waals surface area (Å²) in [5.74, 6) is -4.09. The molecule has 0 atom stereocenters. The first kappa shape index (κ1) is 23.0. The molecule has 0 bridgehead atoms. The summed E-state index contributed by atoms with van der Waals surface area (Å²) < 4.78 is 21.2. The van der Waals surface area contributed by atoms with Crippen LogP contribution >= 0.6 is 0 Å². The molecule has 0 saturated carbocycles. The number of carbonyl (C=O) groups is 4. The van der Waals surface area contributed by atoms with E-state index in [0.29, 0.717) is 0 Å². The Kier molecular flexibility index (Phi) is 19.4. The number of hydrogen-bond donors (Lipinski definition) is 2. The van der Waals surface area contributed by atoms with Crippen LogP contribution in [0.5, 0.6) is 0 Å². The van der Waals surface area contributed by atoms with Crippen LogP contribution in [0.15, 0.2) is 0 Å². The van der Waals surface area contributed by atoms with Crippen molar-refractivity contribution >= 4 is 32.4 Å². The van der Waals surface area contributed by atoms with Gasteiger partial charge in [0.25, 0.3) is 0 Å². The van der Waals surface area contributed by atoms with Gasteiger partial charge in [-0.25, -0.2) is 19.2 Å². The van der Waals surface area contributed by atoms with Gasteiger partial charge in [0.2, 0.25) is 0 Å². The van der Waals surface area contributed by atoms with Gasteiger partial charge >= 0.3 is 51.3 Å². The molecular formula is C4H2BF2LiO6+4. The van der Waals surface area contributed by atoms with Crippen LogP contribution in [-0.4, -0.2) is 42.6 Å². The normalized spacial score (nSPS) is 6.43. The van der Waals surface area contributed by atoms with Crippen LogP contribution in [0.1, 0.15) is 0 Å². The number of carboxylic acids is 2. The third-order valence-corrected chi connectivity index (χ3v) is 0.336. The molecule has 68 valence electrons. The Morgan fingerprint density at radius 2 is 0.857 bits per heavy atom. The van der Waals surface area contributed by atoms with E-state index < -0.39 is 24.0 Å². The van der Waals surface area contributed by atoms with E-state index in [9.17, 15) is 8.78 Å². The molecule has 2 N–H and O–H groups in total. The molecule has 0 aliphatic rings. The van der Waals surface area contributed by atoms with E-state index in [4.69, 9.17) is 29.4 Å². The first-order valence-corrected chi connectivity index (χ1v) is 2.14. The van der Waals surface area contributed by atoms with Crippen molar-refractivity contribution in [1.82, 2.24) is 0 Å². The van der Waals surface area contributed by atoms with Crippen molar-refractivity contribution < 1.29 is 57.0 Å². The van der Waals surface area contributed by atoms with Crippen LogP contribution in [0.3, 0.4) is 0 Å². The number of hydrogen-bond acceptors (Lipinski definition) is 4. The van der Waals surface area contributed by atoms with Gasteiger partial charge in [0.1, 0.15) is 0 Å². The smallest absolute Gasteiger partial charge is 0.473 e. The summed E-state index contributed by atoms with van der Waals surface area (Å²) in [5, 5.41) is 14.5. The van der Waals surface area contributed by atoms with Gasteiger partial charge in [0.05, 0.1) is 0 Å². The van der Waals surface area contributed by atoms with Crippen molar-refractivity contribution in [2.45, 2.75) is 0 Å². The summed E-state index contributed by atoms with van der Waals surface area (Å²) in [6.07, 6.45) is 0. The minimum Gasteiger partial charge on any atom is -0.473 e. The molecule has 6 nitrogen and oxygen atoms in total. The van der Waals surface area contributed by atoms with Gasteiger partial charge in [-0.3, -0.25) is 0 Å². The molecule has 0 amide bonds. The third kappa shape index (κ3) is 22.4. The van der Waals surface area contributed by atoms with Crippen molar-refractivity contribution in [2.75, 3.05) is 0 Å². The fraction of sp³-hybridized carbons (Fsp3) is 0. The number of rotatable bonds is 2. The Morgan fingerprint density at radius 3 is 0.857 bits per heavy atom. The third-order valence-electron chi connectivity index (χ3n) is 0.336. The standard InChI is InChI=1S/2C2HFO3.B.Li/c2*3-1(4)2(5)6;;/h2*(H,5,6);;/q;;+3;+1. The number of carboxylic acid groups (broad SMARTS) is 2. The second-order valence-corrected chi connectivity index (χ2v) is 1.16. The van der Waals surface area contributed by atoms with E-state index in [2.05, 4.69) is 0 Å². The molecule has 0 rings (SSSR count). The molecule has 0 aromatic heterocycles. The number of aliphatic carboxylic acids is 2. The minimum atomic E-state index is -2.32. The Hall–Kier alpha value is -1.20. The van der Waals surface area contributed by atoms with Gasteiger partial charge in [-0.05, 0) is 0 Å². The predicted octanol–water partition coefficient (Wildman–Crippen LogP) is -4.24. The maximum Gasteiger partial charge on any atom is 3.00 e. The van der Waals surface area contributed by atoms with Crippen molar-refractivity contribution in [3.8, 4) is 0 Å². The molecule has 0 aromatic carbocycles. The summed E-state index contributed by atoms with van der Waals surface area (Å²) in [6, 6.07) is -4.65. The van der Waals surface area contributed by atoms with Gasteiger partial charge in [-0.2, -0.15) is 8.78 Å². The fourth-order valence-corrected chi connectivity index (χ4v) is 0. The number of carbonyl (C=O) groups excluding carboxylic acids is 2. The SMILES string of the molecule is O=C(O)C(=O)F.O=C(O)C(=O)F.[B+3].[Li+]. The molecule has 0 unspecified atom stereocenters. The van der Waals surface area contributed by atoms with E-state index in [1.807, 2.05) is 0 Å². The van der Waals surface area contributed by atoms with Crippen LogP contribution in [0, 0.1) is 0 Å². The fourth-order valence-electron chi connectivity index (χ4n) is 0. The molecular weight excluding hydrogens is 200 g/mol. The molecule has 0 saturated heterocycles. The summed E-state index contributed by atoms with van der Waals surface area (Å²) in [4.78, 5) is 35.7. The van der Waals surface area contributed by atoms with Crippen LogP contribution in [0.25, 0.3) is 0 Å². The van der Waals surface area contributed by atoms with E-state index in [0.717, 1.165) is 0 Å². The Bertz CT molecular complexity index is 184. The molecule has 0 aromatic rings. The largest absolute Gasteiger partial charge is 3.00 e. The zero-order valence-electron chi connectivity index (χ0n) is 6.86. The molecule has 0 heterocycles. The summed E-state index contributed by atoms with van der Waals surface area (Å²) in [7, 11) is 0. The zero-order chi connectivity index (χ0) is 10.3. The van der Waals surface area contributed by atoms with Crippen molar-refractivity contribution in [1.29, 1.82) is 0 Å². The Labute approximate surface area is 90.0 Å². The van der Waals surface area contributed by atoms with Gasteiger partial charge in [0.15, 0.2) is 0 Å². The van der Waals surface area contributed by atoms with E-state index in [1.54, 1.807) is 0 Å². The van der Waals surface area contributed by atoms with E-state index in [-0.39, 0.29) is 27.3 Å². The first-order valence-electron chi connectivity index (χ1n) is 2.14. The van der Waals surface area contributed by atoms with Crippen LogP contribution in [-0.2, 0) is 19.2 Å². The van der Waals surface area contributed by atoms with Crippen molar-refractivity contribution in [3.63, 3.8) is 0 Å². The summed E-state index contributed by atoms with van der Waals surface area (Å²) >= 11 is 0. The topological polar surface area (TPSA) is 109 Å². The predicted molar refractivity (Wildman–Crippen MR) is 33.3 cm³/mol. The maximum absolute atomic E-state index is 10.6. The summed E-state index contributed by atoms with van der Waals surface area (Å²) in [5.41, 5.74) is 0. The zero-order valence-corrected chi connectivity index (χ0v) is 6.86. The second kappa shape index (κ2) is 11.8. The van der Waals surface area contributed by atoms with Gasteiger partial charge < -0.3 is 10.2 Å². The summed E-state index contributed by atoms with van der Waals surface area (Å²) in [6.45, 7) is 0. The van der Waals surface area contributed by atoms with Gasteiger partial charge in [0, 0.05) is 0 Å². The van der Waals surface area contributed by atoms with Gasteiger partial charge in [-0.15, -0.1) is 0 Å². The Morgan fingerprint density at radius 1 is 0.786 bits per heavy atom. The van der Waals surface area contributed by atoms with Crippen LogP contribution < -0.4 is 18.9 Å². The molecule has 14 heavy (non-hydrogen) atoms. The molecule has 0 fully saturated rings. The van der Waals surface area contributed by atoms with E-state index in [1.165, 1.54) is 0 Å². The monoisotopic (exact) mass is 202 g/mol. The molecule has 0 aliphatic heterocycles. The minimum absolute atomic E-state index is 0. The molecule has 0 aliphatic carbocycles. The van der Waals surface area contributed by atoms with Gasteiger partial charge in [-0.1, -0.05) is 0 Å². The average Bonchev–Trinajstić information content (AvgIpc) is 1.88. The van der Waals surface area contributed by atoms with Crippen molar-refractivity contribution in [2.24, 2.45) is 0 Å². The number of halogens is 2. The van der Waals surface area contributed by atoms with Crippen LogP contribution in [0.2, 0.25) is 0 Å². The quantitative estimate of drug-likeness (QED) is 0.266. The maximum atomic E-state index is 10.6. The van der Waals surface area contributed by atoms with Crippen molar-refractivity contribution in [3.05, 3.63) is 0 Å². The average molecular weight is 202 g/mol. The van der Waals surface area contributed by atoms with E-state index >= 15 is 0 Å². The second-order valence-electron chi connectivity index (χ2n) is 1.16. The molecule has 10 heteroatoms.